The molecule has 0 amide bonds. The summed E-state index contributed by atoms with van der Waals surface area (Å²) in [5, 5.41) is 1.02. The highest BCUT2D eigenvalue weighted by atomic mass is 16.1. The number of hydrazine groups is 1. The predicted octanol–water partition coefficient (Wildman–Crippen LogP) is 1.07. The third-order valence-corrected chi connectivity index (χ3v) is 3.30. The van der Waals surface area contributed by atoms with Gasteiger partial charge in [-0.2, -0.15) is 0 Å². The van der Waals surface area contributed by atoms with Gasteiger partial charge in [-0.25, -0.2) is 15.6 Å². The van der Waals surface area contributed by atoms with Crippen molar-refractivity contribution in [1.82, 2.24) is 14.1 Å². The second-order valence-electron chi connectivity index (χ2n) is 4.65. The van der Waals surface area contributed by atoms with E-state index >= 15 is 0 Å². The van der Waals surface area contributed by atoms with E-state index in [2.05, 4.69) is 10.4 Å². The summed E-state index contributed by atoms with van der Waals surface area (Å²) in [5.41, 5.74) is 4.27. The Morgan fingerprint density at radius 3 is 2.80 bits per heavy atom. The molecule has 0 fully saturated rings. The van der Waals surface area contributed by atoms with Crippen LogP contribution in [0.5, 0.6) is 0 Å². The summed E-state index contributed by atoms with van der Waals surface area (Å²) in [5.74, 6) is 6.12. The number of anilines is 1. The van der Waals surface area contributed by atoms with E-state index in [-0.39, 0.29) is 5.69 Å². The van der Waals surface area contributed by atoms with Gasteiger partial charge in [0, 0.05) is 30.4 Å². The molecule has 0 aliphatic rings. The Balaban J connectivity index is 2.10. The number of fused-ring (bicyclic) bond motifs is 1. The Labute approximate surface area is 115 Å². The Hall–Kier alpha value is -2.60. The lowest BCUT2D eigenvalue weighted by Gasteiger charge is -2.10. The molecule has 3 rings (SSSR count). The van der Waals surface area contributed by atoms with Crippen LogP contribution < -0.4 is 17.0 Å². The minimum atomic E-state index is -0.0684. The van der Waals surface area contributed by atoms with Gasteiger partial charge in [-0.1, -0.05) is 18.2 Å². The third-order valence-electron chi connectivity index (χ3n) is 3.30. The van der Waals surface area contributed by atoms with Crippen LogP contribution in [0.4, 0.5) is 5.82 Å². The van der Waals surface area contributed by atoms with Crippen LogP contribution in [0, 0.1) is 0 Å². The molecule has 2 heterocycles. The summed E-state index contributed by atoms with van der Waals surface area (Å²) in [6, 6.07) is 9.79. The number of aromatic nitrogens is 3. The highest BCUT2D eigenvalue weighted by Gasteiger charge is 2.08. The summed E-state index contributed by atoms with van der Waals surface area (Å²) in [6.45, 7) is 0.428. The van der Waals surface area contributed by atoms with Gasteiger partial charge in [0.05, 0.1) is 12.1 Å². The molecule has 0 unspecified atom stereocenters. The fourth-order valence-corrected chi connectivity index (χ4v) is 2.22. The van der Waals surface area contributed by atoms with Gasteiger partial charge in [-0.3, -0.25) is 4.57 Å². The van der Waals surface area contributed by atoms with Crippen LogP contribution in [-0.2, 0) is 13.6 Å². The van der Waals surface area contributed by atoms with Crippen molar-refractivity contribution in [1.29, 1.82) is 0 Å². The zero-order valence-electron chi connectivity index (χ0n) is 11.1. The van der Waals surface area contributed by atoms with Gasteiger partial charge in [0.2, 0.25) is 0 Å². The Kier molecular flexibility index (Phi) is 3.00. The zero-order chi connectivity index (χ0) is 14.1. The summed E-state index contributed by atoms with van der Waals surface area (Å²) >= 11 is 0. The van der Waals surface area contributed by atoms with Crippen LogP contribution in [0.1, 0.15) is 5.56 Å². The number of hydrogen-bond donors (Lipinski definition) is 2. The monoisotopic (exact) mass is 269 g/mol. The van der Waals surface area contributed by atoms with Gasteiger partial charge >= 0.3 is 5.69 Å². The quantitative estimate of drug-likeness (QED) is 0.550. The van der Waals surface area contributed by atoms with Crippen molar-refractivity contribution in [2.75, 3.05) is 5.43 Å². The maximum atomic E-state index is 11.9. The van der Waals surface area contributed by atoms with Crippen molar-refractivity contribution in [3.8, 4) is 0 Å². The lowest BCUT2D eigenvalue weighted by atomic mass is 10.1. The van der Waals surface area contributed by atoms with Crippen molar-refractivity contribution in [2.24, 2.45) is 12.9 Å². The first-order valence-corrected chi connectivity index (χ1v) is 6.26. The third kappa shape index (κ3) is 2.06. The van der Waals surface area contributed by atoms with Crippen LogP contribution in [-0.4, -0.2) is 14.1 Å². The van der Waals surface area contributed by atoms with Gasteiger partial charge in [-0.15, -0.1) is 0 Å². The summed E-state index contributed by atoms with van der Waals surface area (Å²) in [7, 11) is 1.72. The average molecular weight is 269 g/mol. The largest absolute Gasteiger partial charge is 0.328 e. The lowest BCUT2D eigenvalue weighted by molar-refractivity contribution is 0.717. The molecule has 6 nitrogen and oxygen atoms in total. The Bertz CT molecular complexity index is 818. The Morgan fingerprint density at radius 1 is 1.30 bits per heavy atom. The van der Waals surface area contributed by atoms with Crippen molar-refractivity contribution in [2.45, 2.75) is 6.54 Å². The number of rotatable bonds is 3. The number of benzene rings is 1. The van der Waals surface area contributed by atoms with E-state index in [1.165, 1.54) is 4.57 Å². The Morgan fingerprint density at radius 2 is 2.10 bits per heavy atom. The second kappa shape index (κ2) is 4.82. The molecule has 102 valence electrons. The number of nitrogen functional groups attached to an aromatic ring is 1. The van der Waals surface area contributed by atoms with Crippen molar-refractivity contribution >= 4 is 16.7 Å². The SMILES string of the molecule is Cn1ccn(Cc2cc3ccccc3nc2NN)c1=O. The lowest BCUT2D eigenvalue weighted by Crippen LogP contribution is -2.23. The van der Waals surface area contributed by atoms with E-state index < -0.39 is 0 Å². The normalized spacial score (nSPS) is 10.9. The molecular formula is C14H15N5O. The number of nitrogens with two attached hydrogens (primary N) is 1. The maximum absolute atomic E-state index is 11.9. The minimum absolute atomic E-state index is 0.0684. The highest BCUT2D eigenvalue weighted by molar-refractivity contribution is 5.81. The van der Waals surface area contributed by atoms with Gasteiger partial charge in [0.15, 0.2) is 0 Å². The fourth-order valence-electron chi connectivity index (χ4n) is 2.22. The van der Waals surface area contributed by atoms with Gasteiger partial charge in [-0.05, 0) is 12.1 Å². The number of para-hydroxylation sites is 1. The molecule has 0 saturated heterocycles. The van der Waals surface area contributed by atoms with Crippen LogP contribution in [0.3, 0.4) is 0 Å². The highest BCUT2D eigenvalue weighted by Crippen LogP contribution is 2.20. The zero-order valence-corrected chi connectivity index (χ0v) is 11.1. The van der Waals surface area contributed by atoms with Crippen LogP contribution in [0.15, 0.2) is 47.5 Å². The molecule has 0 bridgehead atoms. The van der Waals surface area contributed by atoms with E-state index in [0.717, 1.165) is 16.5 Å². The van der Waals surface area contributed by atoms with E-state index in [1.807, 2.05) is 30.3 Å². The molecule has 20 heavy (non-hydrogen) atoms. The van der Waals surface area contributed by atoms with Crippen LogP contribution in [0.2, 0.25) is 0 Å². The molecule has 0 aliphatic heterocycles. The summed E-state index contributed by atoms with van der Waals surface area (Å²) in [4.78, 5) is 16.4. The first-order chi connectivity index (χ1) is 9.69. The molecule has 0 radical (unpaired) electrons. The number of nitrogens with one attached hydrogen (secondary N) is 1. The molecule has 6 heteroatoms. The molecule has 0 aliphatic carbocycles. The predicted molar refractivity (Wildman–Crippen MR) is 78.3 cm³/mol. The standard InChI is InChI=1S/C14H15N5O/c1-18-6-7-19(14(18)20)9-11-8-10-4-2-3-5-12(10)16-13(11)17-15/h2-8H,9,15H2,1H3,(H,16,17). The van der Waals surface area contributed by atoms with E-state index in [4.69, 9.17) is 5.84 Å². The molecule has 3 N–H and O–H groups in total. The first-order valence-electron chi connectivity index (χ1n) is 6.26. The smallest absolute Gasteiger partial charge is 0.308 e. The molecule has 3 aromatic rings. The van der Waals surface area contributed by atoms with E-state index in [9.17, 15) is 4.79 Å². The molecule has 0 atom stereocenters. The number of pyridine rings is 1. The number of nitrogens with zero attached hydrogens (tertiary/aromatic N) is 3. The number of aryl methyl sites for hydroxylation is 1. The molecule has 2 aromatic heterocycles. The molecule has 0 saturated carbocycles. The average Bonchev–Trinajstić information content (AvgIpc) is 2.78. The molecule has 0 spiro atoms. The first kappa shape index (κ1) is 12.4. The summed E-state index contributed by atoms with van der Waals surface area (Å²) in [6.07, 6.45) is 3.48. The van der Waals surface area contributed by atoms with Gasteiger partial charge in [0.25, 0.3) is 0 Å². The van der Waals surface area contributed by atoms with E-state index in [0.29, 0.717) is 12.4 Å². The van der Waals surface area contributed by atoms with Crippen molar-refractivity contribution in [3.63, 3.8) is 0 Å². The summed E-state index contributed by atoms with van der Waals surface area (Å²) < 4.78 is 3.15. The maximum Gasteiger partial charge on any atom is 0.328 e. The van der Waals surface area contributed by atoms with Crippen molar-refractivity contribution in [3.05, 3.63) is 58.8 Å². The second-order valence-corrected chi connectivity index (χ2v) is 4.65. The van der Waals surface area contributed by atoms with Crippen LogP contribution >= 0.6 is 0 Å². The minimum Gasteiger partial charge on any atom is -0.308 e. The molecule has 1 aromatic carbocycles. The topological polar surface area (TPSA) is 77.9 Å². The van der Waals surface area contributed by atoms with E-state index in [1.54, 1.807) is 24.0 Å². The number of imidazole rings is 1. The van der Waals surface area contributed by atoms with Crippen molar-refractivity contribution < 1.29 is 0 Å². The van der Waals surface area contributed by atoms with Gasteiger partial charge < -0.3 is 9.99 Å². The fraction of sp³-hybridized carbons (Fsp3) is 0.143. The van der Waals surface area contributed by atoms with Gasteiger partial charge in [0.1, 0.15) is 5.82 Å². The van der Waals surface area contributed by atoms with Crippen LogP contribution in [0.25, 0.3) is 10.9 Å². The molecular weight excluding hydrogens is 254 g/mol. The number of hydrogen-bond acceptors (Lipinski definition) is 4.